The Hall–Kier alpha value is -0.320. The van der Waals surface area contributed by atoms with Crippen molar-refractivity contribution in [1.29, 1.82) is 0 Å². The van der Waals surface area contributed by atoms with Crippen LogP contribution in [-0.2, 0) is 6.42 Å². The molecule has 0 bridgehead atoms. The van der Waals surface area contributed by atoms with E-state index in [9.17, 15) is 5.11 Å². The van der Waals surface area contributed by atoms with Crippen molar-refractivity contribution in [2.24, 2.45) is 5.84 Å². The second-order valence-electron chi connectivity index (χ2n) is 4.65. The van der Waals surface area contributed by atoms with Crippen LogP contribution < -0.4 is 11.3 Å². The van der Waals surface area contributed by atoms with Crippen LogP contribution in [0, 0.1) is 0 Å². The van der Waals surface area contributed by atoms with E-state index in [2.05, 4.69) is 5.43 Å². The Morgan fingerprint density at radius 1 is 1.41 bits per heavy atom. The van der Waals surface area contributed by atoms with E-state index in [-0.39, 0.29) is 6.54 Å². The van der Waals surface area contributed by atoms with E-state index in [0.717, 1.165) is 18.4 Å². The minimum Gasteiger partial charge on any atom is -0.386 e. The molecule has 0 heterocycles. The number of rotatable bonds is 5. The van der Waals surface area contributed by atoms with Gasteiger partial charge in [0.25, 0.3) is 0 Å². The van der Waals surface area contributed by atoms with Gasteiger partial charge in [0.2, 0.25) is 0 Å². The highest BCUT2D eigenvalue weighted by Crippen LogP contribution is 2.52. The first-order valence-electron chi connectivity index (χ1n) is 5.59. The smallest absolute Gasteiger partial charge is 0.102 e. The molecule has 1 aromatic carbocycles. The van der Waals surface area contributed by atoms with Crippen molar-refractivity contribution in [3.05, 3.63) is 34.9 Å². The van der Waals surface area contributed by atoms with Crippen molar-refractivity contribution in [2.45, 2.75) is 29.7 Å². The molecule has 1 aliphatic carbocycles. The first-order valence-corrected chi connectivity index (χ1v) is 6.34. The van der Waals surface area contributed by atoms with Crippen LogP contribution in [0.3, 0.4) is 0 Å². The highest BCUT2D eigenvalue weighted by Gasteiger charge is 2.57. The molecule has 0 radical (unpaired) electrons. The van der Waals surface area contributed by atoms with Gasteiger partial charge in [-0.2, -0.15) is 0 Å². The van der Waals surface area contributed by atoms with Gasteiger partial charge in [0.1, 0.15) is 5.60 Å². The molecule has 0 aromatic heterocycles. The number of hydrogen-bond donors (Lipinski definition) is 3. The maximum Gasteiger partial charge on any atom is 0.102 e. The van der Waals surface area contributed by atoms with Crippen LogP contribution in [-0.4, -0.2) is 22.1 Å². The van der Waals surface area contributed by atoms with Crippen LogP contribution in [0.25, 0.3) is 0 Å². The van der Waals surface area contributed by atoms with Gasteiger partial charge in [0, 0.05) is 18.0 Å². The second kappa shape index (κ2) is 4.75. The summed E-state index contributed by atoms with van der Waals surface area (Å²) in [6.45, 7) is 0.252. The lowest BCUT2D eigenvalue weighted by Crippen LogP contribution is -2.52. The highest BCUT2D eigenvalue weighted by atomic mass is 35.5. The second-order valence-corrected chi connectivity index (χ2v) is 5.78. The fraction of sp³-hybridized carbons (Fsp3) is 0.500. The molecule has 1 aromatic rings. The third-order valence-corrected chi connectivity index (χ3v) is 4.46. The molecule has 5 heteroatoms. The Morgan fingerprint density at radius 2 is 2.06 bits per heavy atom. The Kier molecular flexibility index (Phi) is 3.66. The van der Waals surface area contributed by atoms with Crippen LogP contribution >= 0.6 is 23.2 Å². The van der Waals surface area contributed by atoms with Crippen LogP contribution in [0.1, 0.15) is 18.4 Å². The van der Waals surface area contributed by atoms with Crippen molar-refractivity contribution in [3.63, 3.8) is 0 Å². The van der Waals surface area contributed by atoms with Gasteiger partial charge in [-0.1, -0.05) is 29.8 Å². The average molecular weight is 275 g/mol. The monoisotopic (exact) mass is 274 g/mol. The van der Waals surface area contributed by atoms with Crippen molar-refractivity contribution < 1.29 is 5.11 Å². The molecule has 0 unspecified atom stereocenters. The number of halogens is 2. The fourth-order valence-electron chi connectivity index (χ4n) is 2.08. The van der Waals surface area contributed by atoms with Gasteiger partial charge < -0.3 is 5.11 Å². The lowest BCUT2D eigenvalue weighted by Gasteiger charge is -2.33. The number of nitrogens with two attached hydrogens (primary N) is 1. The number of hydrogen-bond acceptors (Lipinski definition) is 3. The summed E-state index contributed by atoms with van der Waals surface area (Å²) in [7, 11) is 0. The Labute approximate surface area is 111 Å². The summed E-state index contributed by atoms with van der Waals surface area (Å²) in [5, 5.41) is 11.3. The number of alkyl halides is 1. The van der Waals surface area contributed by atoms with Crippen molar-refractivity contribution in [2.75, 3.05) is 6.54 Å². The predicted molar refractivity (Wildman–Crippen MR) is 70.1 cm³/mol. The Bertz CT molecular complexity index is 409. The van der Waals surface area contributed by atoms with Gasteiger partial charge in [0.15, 0.2) is 0 Å². The van der Waals surface area contributed by atoms with Gasteiger partial charge >= 0.3 is 0 Å². The normalized spacial score (nSPS) is 20.9. The fourth-order valence-corrected chi connectivity index (χ4v) is 2.51. The SMILES string of the molecule is NNC[C@](O)(Cc1ccccc1Cl)C1(Cl)CC1. The molecule has 0 spiro atoms. The number of hydrazine groups is 1. The maximum atomic E-state index is 10.7. The Balaban J connectivity index is 2.22. The summed E-state index contributed by atoms with van der Waals surface area (Å²) in [5.41, 5.74) is 2.34. The molecular weight excluding hydrogens is 259 g/mol. The molecule has 0 aliphatic heterocycles. The summed E-state index contributed by atoms with van der Waals surface area (Å²) in [4.78, 5) is -0.571. The summed E-state index contributed by atoms with van der Waals surface area (Å²) in [6.07, 6.45) is 2.01. The molecular formula is C12H16Cl2N2O. The molecule has 1 fully saturated rings. The van der Waals surface area contributed by atoms with Gasteiger partial charge in [-0.15, -0.1) is 11.6 Å². The summed E-state index contributed by atoms with van der Waals surface area (Å²) in [6, 6.07) is 7.46. The van der Waals surface area contributed by atoms with E-state index in [1.807, 2.05) is 18.2 Å². The lowest BCUT2D eigenvalue weighted by atomic mass is 9.89. The first kappa shape index (κ1) is 13.1. The highest BCUT2D eigenvalue weighted by molar-refractivity contribution is 6.31. The minimum absolute atomic E-state index is 0.252. The zero-order chi connectivity index (χ0) is 12.5. The van der Waals surface area contributed by atoms with Crippen LogP contribution in [0.4, 0.5) is 0 Å². The van der Waals surface area contributed by atoms with E-state index in [0.29, 0.717) is 11.4 Å². The van der Waals surface area contributed by atoms with Crippen LogP contribution in [0.5, 0.6) is 0 Å². The van der Waals surface area contributed by atoms with Crippen LogP contribution in [0.15, 0.2) is 24.3 Å². The number of benzene rings is 1. The third-order valence-electron chi connectivity index (χ3n) is 3.36. The molecule has 1 aliphatic rings. The van der Waals surface area contributed by atoms with Crippen molar-refractivity contribution >= 4 is 23.2 Å². The Morgan fingerprint density at radius 3 is 2.59 bits per heavy atom. The van der Waals surface area contributed by atoms with E-state index in [1.54, 1.807) is 6.07 Å². The molecule has 4 N–H and O–H groups in total. The lowest BCUT2D eigenvalue weighted by molar-refractivity contribution is 0.0286. The zero-order valence-corrected chi connectivity index (χ0v) is 10.9. The van der Waals surface area contributed by atoms with Crippen molar-refractivity contribution in [1.82, 2.24) is 5.43 Å². The van der Waals surface area contributed by atoms with Gasteiger partial charge in [0.05, 0.1) is 4.87 Å². The zero-order valence-electron chi connectivity index (χ0n) is 9.42. The van der Waals surface area contributed by atoms with Crippen LogP contribution in [0.2, 0.25) is 5.02 Å². The molecule has 1 atom stereocenters. The predicted octanol–water partition coefficient (Wildman–Crippen LogP) is 1.85. The minimum atomic E-state index is -1.06. The summed E-state index contributed by atoms with van der Waals surface area (Å²) >= 11 is 12.4. The van der Waals surface area contributed by atoms with E-state index in [1.165, 1.54) is 0 Å². The standard InChI is InChI=1S/C12H16Cl2N2O/c13-10-4-2-1-3-9(10)7-12(17,8-16-15)11(14)5-6-11/h1-4,16-17H,5-8,15H2/t12-/m1/s1. The van der Waals surface area contributed by atoms with Gasteiger partial charge in [-0.05, 0) is 24.5 Å². The first-order chi connectivity index (χ1) is 8.01. The van der Waals surface area contributed by atoms with Crippen molar-refractivity contribution in [3.8, 4) is 0 Å². The van der Waals surface area contributed by atoms with E-state index in [4.69, 9.17) is 29.0 Å². The third kappa shape index (κ3) is 2.59. The molecule has 94 valence electrons. The van der Waals surface area contributed by atoms with E-state index < -0.39 is 10.5 Å². The summed E-state index contributed by atoms with van der Waals surface area (Å²) in [5.74, 6) is 5.33. The topological polar surface area (TPSA) is 58.3 Å². The van der Waals surface area contributed by atoms with E-state index >= 15 is 0 Å². The number of nitrogens with one attached hydrogen (secondary N) is 1. The van der Waals surface area contributed by atoms with Gasteiger partial charge in [-0.25, -0.2) is 0 Å². The quantitative estimate of drug-likeness (QED) is 0.436. The average Bonchev–Trinajstić information content (AvgIpc) is 3.02. The molecule has 1 saturated carbocycles. The summed E-state index contributed by atoms with van der Waals surface area (Å²) < 4.78 is 0. The molecule has 3 nitrogen and oxygen atoms in total. The molecule has 0 amide bonds. The largest absolute Gasteiger partial charge is 0.386 e. The number of aliphatic hydroxyl groups is 1. The van der Waals surface area contributed by atoms with Gasteiger partial charge in [-0.3, -0.25) is 11.3 Å². The maximum absolute atomic E-state index is 10.7. The molecule has 0 saturated heterocycles. The molecule has 17 heavy (non-hydrogen) atoms. The molecule has 2 rings (SSSR count).